The zero-order chi connectivity index (χ0) is 9.90. The summed E-state index contributed by atoms with van der Waals surface area (Å²) < 4.78 is 0. The maximum Gasteiger partial charge on any atom is 0.0919 e. The molecule has 0 heterocycles. The van der Waals surface area contributed by atoms with Crippen molar-refractivity contribution in [1.82, 2.24) is 0 Å². The van der Waals surface area contributed by atoms with Crippen LogP contribution in [0.2, 0.25) is 5.04 Å². The molecule has 1 aromatic carbocycles. The van der Waals surface area contributed by atoms with Crippen LogP contribution in [0.1, 0.15) is 20.8 Å². The van der Waals surface area contributed by atoms with Crippen LogP contribution < -0.4 is 5.19 Å². The van der Waals surface area contributed by atoms with E-state index in [-0.39, 0.29) is 0 Å². The van der Waals surface area contributed by atoms with Gasteiger partial charge in [-0.25, -0.2) is 0 Å². The molecule has 0 fully saturated rings. The maximum absolute atomic E-state index is 6.05. The van der Waals surface area contributed by atoms with Crippen molar-refractivity contribution in [1.29, 1.82) is 0 Å². The Labute approximate surface area is 87.5 Å². The third-order valence-electron chi connectivity index (χ3n) is 2.40. The molecule has 0 aliphatic heterocycles. The molecule has 0 aliphatic carbocycles. The summed E-state index contributed by atoms with van der Waals surface area (Å²) in [5.41, 5.74) is 0.827. The Kier molecular flexibility index (Phi) is 3.57. The minimum atomic E-state index is -0.994. The monoisotopic (exact) mass is 212 g/mol. The number of halogens is 1. The summed E-state index contributed by atoms with van der Waals surface area (Å²) in [6, 6.07) is 10.7. The van der Waals surface area contributed by atoms with Gasteiger partial charge in [0.05, 0.1) is 8.80 Å². The van der Waals surface area contributed by atoms with E-state index >= 15 is 0 Å². The van der Waals surface area contributed by atoms with Crippen molar-refractivity contribution in [2.75, 3.05) is 5.50 Å². The minimum Gasteiger partial charge on any atom is -0.130 e. The summed E-state index contributed by atoms with van der Waals surface area (Å²) in [6.07, 6.45) is 0. The first-order valence-corrected chi connectivity index (χ1v) is 7.17. The second kappa shape index (κ2) is 4.29. The van der Waals surface area contributed by atoms with E-state index in [0.717, 1.165) is 5.50 Å². The van der Waals surface area contributed by atoms with Crippen LogP contribution in [0.25, 0.3) is 0 Å². The predicted molar refractivity (Wildman–Crippen MR) is 63.7 cm³/mol. The molecular weight excluding hydrogens is 196 g/mol. The highest BCUT2D eigenvalue weighted by Crippen LogP contribution is 2.27. The lowest BCUT2D eigenvalue weighted by Crippen LogP contribution is -2.40. The summed E-state index contributed by atoms with van der Waals surface area (Å²) in [4.78, 5) is 0. The molecule has 0 aliphatic rings. The molecule has 1 unspecified atom stereocenters. The molecule has 1 atom stereocenters. The molecule has 13 heavy (non-hydrogen) atoms. The van der Waals surface area contributed by atoms with Gasteiger partial charge in [0.25, 0.3) is 0 Å². The molecule has 72 valence electrons. The van der Waals surface area contributed by atoms with E-state index in [2.05, 4.69) is 51.1 Å². The van der Waals surface area contributed by atoms with E-state index < -0.39 is 8.80 Å². The lowest BCUT2D eigenvalue weighted by molar-refractivity contribution is 0.745. The Morgan fingerprint density at radius 3 is 2.08 bits per heavy atom. The van der Waals surface area contributed by atoms with Crippen LogP contribution in [0, 0.1) is 0 Å². The molecular formula is C11H17ClSi. The number of hydrogen-bond donors (Lipinski definition) is 0. The summed E-state index contributed by atoms with van der Waals surface area (Å²) in [5.74, 6) is 0. The minimum absolute atomic E-state index is 0.378. The fourth-order valence-electron chi connectivity index (χ4n) is 1.51. The number of benzene rings is 1. The highest BCUT2D eigenvalue weighted by atomic mass is 35.5. The van der Waals surface area contributed by atoms with Crippen molar-refractivity contribution in [3.05, 3.63) is 30.3 Å². The first kappa shape index (κ1) is 10.8. The SMILES string of the molecule is CC(C)(C)[SiH](CCl)c1ccccc1. The van der Waals surface area contributed by atoms with Crippen LogP contribution >= 0.6 is 11.6 Å². The molecule has 0 saturated carbocycles. The van der Waals surface area contributed by atoms with E-state index in [4.69, 9.17) is 11.6 Å². The van der Waals surface area contributed by atoms with Gasteiger partial charge in [-0.3, -0.25) is 0 Å². The lowest BCUT2D eigenvalue weighted by atomic mass is 10.2. The molecule has 0 radical (unpaired) electrons. The van der Waals surface area contributed by atoms with Crippen LogP contribution in [0.4, 0.5) is 0 Å². The van der Waals surface area contributed by atoms with Crippen LogP contribution in [0.3, 0.4) is 0 Å². The van der Waals surface area contributed by atoms with E-state index in [0.29, 0.717) is 5.04 Å². The third-order valence-corrected chi connectivity index (χ3v) is 6.92. The average molecular weight is 213 g/mol. The first-order chi connectivity index (χ1) is 6.05. The van der Waals surface area contributed by atoms with E-state index in [1.807, 2.05) is 0 Å². The molecule has 0 aromatic heterocycles. The first-order valence-electron chi connectivity index (χ1n) is 4.66. The Morgan fingerprint density at radius 1 is 1.15 bits per heavy atom. The van der Waals surface area contributed by atoms with Gasteiger partial charge in [0.2, 0.25) is 0 Å². The summed E-state index contributed by atoms with van der Waals surface area (Å²) in [5, 5.41) is 1.85. The fraction of sp³-hybridized carbons (Fsp3) is 0.455. The van der Waals surface area contributed by atoms with Gasteiger partial charge in [-0.1, -0.05) is 56.3 Å². The quantitative estimate of drug-likeness (QED) is 0.523. The van der Waals surface area contributed by atoms with Crippen molar-refractivity contribution >= 4 is 25.6 Å². The largest absolute Gasteiger partial charge is 0.130 e. The van der Waals surface area contributed by atoms with E-state index in [1.54, 1.807) is 0 Å². The third kappa shape index (κ3) is 2.85. The van der Waals surface area contributed by atoms with E-state index in [9.17, 15) is 0 Å². The number of hydrogen-bond acceptors (Lipinski definition) is 0. The van der Waals surface area contributed by atoms with Crippen LogP contribution in [0.5, 0.6) is 0 Å². The smallest absolute Gasteiger partial charge is 0.0919 e. The van der Waals surface area contributed by atoms with Crippen molar-refractivity contribution in [2.45, 2.75) is 25.8 Å². The maximum atomic E-state index is 6.05. The molecule has 0 nitrogen and oxygen atoms in total. The summed E-state index contributed by atoms with van der Waals surface area (Å²) in [7, 11) is -0.994. The number of alkyl halides is 1. The molecule has 2 heteroatoms. The zero-order valence-electron chi connectivity index (χ0n) is 8.55. The van der Waals surface area contributed by atoms with Gasteiger partial charge in [0.15, 0.2) is 0 Å². The Morgan fingerprint density at radius 2 is 1.69 bits per heavy atom. The van der Waals surface area contributed by atoms with Gasteiger partial charge in [-0.05, 0) is 5.04 Å². The average Bonchev–Trinajstić information content (AvgIpc) is 2.05. The summed E-state index contributed by atoms with van der Waals surface area (Å²) >= 11 is 6.05. The van der Waals surface area contributed by atoms with Gasteiger partial charge < -0.3 is 0 Å². The summed E-state index contributed by atoms with van der Waals surface area (Å²) in [6.45, 7) is 6.87. The van der Waals surface area contributed by atoms with Gasteiger partial charge in [0, 0.05) is 5.50 Å². The second-order valence-corrected chi connectivity index (χ2v) is 9.22. The van der Waals surface area contributed by atoms with Crippen LogP contribution in [-0.4, -0.2) is 14.3 Å². The highest BCUT2D eigenvalue weighted by molar-refractivity contribution is 6.81. The molecule has 1 rings (SSSR count). The molecule has 0 saturated heterocycles. The molecule has 0 N–H and O–H groups in total. The van der Waals surface area contributed by atoms with Crippen molar-refractivity contribution in [2.24, 2.45) is 0 Å². The Balaban J connectivity index is 2.92. The Hall–Kier alpha value is -0.273. The fourth-order valence-corrected chi connectivity index (χ4v) is 5.76. The topological polar surface area (TPSA) is 0 Å². The molecule has 0 amide bonds. The van der Waals surface area contributed by atoms with Crippen LogP contribution in [-0.2, 0) is 0 Å². The lowest BCUT2D eigenvalue weighted by Gasteiger charge is -2.27. The predicted octanol–water partition coefficient (Wildman–Crippen LogP) is 2.70. The van der Waals surface area contributed by atoms with Gasteiger partial charge in [-0.2, -0.15) is 0 Å². The van der Waals surface area contributed by atoms with E-state index in [1.165, 1.54) is 5.19 Å². The second-order valence-electron chi connectivity index (χ2n) is 4.48. The van der Waals surface area contributed by atoms with Crippen molar-refractivity contribution < 1.29 is 0 Å². The Bertz CT molecular complexity index is 251. The molecule has 0 spiro atoms. The molecule has 0 bridgehead atoms. The van der Waals surface area contributed by atoms with Crippen molar-refractivity contribution in [3.8, 4) is 0 Å². The normalized spacial score (nSPS) is 14.2. The van der Waals surface area contributed by atoms with Crippen molar-refractivity contribution in [3.63, 3.8) is 0 Å². The van der Waals surface area contributed by atoms with Gasteiger partial charge >= 0.3 is 0 Å². The van der Waals surface area contributed by atoms with Gasteiger partial charge in [-0.15, -0.1) is 11.6 Å². The van der Waals surface area contributed by atoms with Crippen LogP contribution in [0.15, 0.2) is 30.3 Å². The highest BCUT2D eigenvalue weighted by Gasteiger charge is 2.26. The van der Waals surface area contributed by atoms with Gasteiger partial charge in [0.1, 0.15) is 0 Å². The molecule has 1 aromatic rings. The standard InChI is InChI=1S/C11H17ClSi/c1-11(2,3)13(9-12)10-7-5-4-6-8-10/h4-8,13H,9H2,1-3H3. The number of rotatable bonds is 2. The zero-order valence-corrected chi connectivity index (χ0v) is 10.5.